The maximum Gasteiger partial charge on any atom is 0.416 e. The summed E-state index contributed by atoms with van der Waals surface area (Å²) in [6.07, 6.45) is -0.387. The molecular weight excluding hydrogens is 498 g/mol. The van der Waals surface area contributed by atoms with Gasteiger partial charge in [0.1, 0.15) is 0 Å². The molecule has 1 unspecified atom stereocenters. The average Bonchev–Trinajstić information content (AvgIpc) is 2.81. The molecule has 0 spiro atoms. The minimum Gasteiger partial charge on any atom is -0.328 e. The molecule has 0 radical (unpaired) electrons. The summed E-state index contributed by atoms with van der Waals surface area (Å²) in [4.78, 5) is 0. The first-order valence-corrected chi connectivity index (χ1v) is 13.6. The fraction of sp³-hybridized carbons (Fsp3) is 0.786. The number of alkyl halides is 6. The van der Waals surface area contributed by atoms with E-state index in [2.05, 4.69) is 6.92 Å². The van der Waals surface area contributed by atoms with Gasteiger partial charge in [0.25, 0.3) is 5.97 Å². The molecule has 3 nitrogen and oxygen atoms in total. The minimum absolute atomic E-state index is 0.0281. The molecule has 0 aliphatic carbocycles. The number of unbranched alkanes of at least 4 members (excludes halogenated alkanes) is 6. The smallest absolute Gasteiger partial charge is 0.328 e. The van der Waals surface area contributed by atoms with E-state index in [0.717, 1.165) is 37.8 Å². The topological polar surface area (TPSA) is 27.7 Å². The van der Waals surface area contributed by atoms with Gasteiger partial charge in [-0.2, -0.15) is 26.3 Å². The molecule has 0 saturated heterocycles. The van der Waals surface area contributed by atoms with Gasteiger partial charge in [-0.3, -0.25) is 0 Å². The molecule has 37 heavy (non-hydrogen) atoms. The number of hydrogen-bond acceptors (Lipinski definition) is 3. The summed E-state index contributed by atoms with van der Waals surface area (Å²) >= 11 is 0. The van der Waals surface area contributed by atoms with Gasteiger partial charge in [0.05, 0.1) is 11.1 Å². The number of aryl methyl sites for hydroxylation is 1. The van der Waals surface area contributed by atoms with Gasteiger partial charge >= 0.3 is 12.4 Å². The SMILES string of the molecule is CCCCCCCCC(CCCCc1cc(C(F)(F)F)cc(C(F)(F)F)c1)C(OCC)(OCC)OCC. The van der Waals surface area contributed by atoms with Crippen molar-refractivity contribution in [2.45, 2.75) is 117 Å². The Morgan fingerprint density at radius 1 is 0.595 bits per heavy atom. The van der Waals surface area contributed by atoms with Gasteiger partial charge in [0.2, 0.25) is 0 Å². The lowest BCUT2D eigenvalue weighted by molar-refractivity contribution is -0.403. The van der Waals surface area contributed by atoms with Crippen LogP contribution in [0.4, 0.5) is 26.3 Å². The maximum absolute atomic E-state index is 13.2. The molecule has 0 heterocycles. The van der Waals surface area contributed by atoms with Crippen LogP contribution in [-0.4, -0.2) is 25.8 Å². The van der Waals surface area contributed by atoms with Crippen LogP contribution in [0, 0.1) is 5.92 Å². The van der Waals surface area contributed by atoms with E-state index < -0.39 is 29.5 Å². The quantitative estimate of drug-likeness (QED) is 0.0990. The van der Waals surface area contributed by atoms with Crippen LogP contribution in [0.15, 0.2) is 18.2 Å². The van der Waals surface area contributed by atoms with Gasteiger partial charge < -0.3 is 14.2 Å². The van der Waals surface area contributed by atoms with Crippen molar-refractivity contribution in [3.05, 3.63) is 34.9 Å². The van der Waals surface area contributed by atoms with E-state index in [1.165, 1.54) is 19.3 Å². The van der Waals surface area contributed by atoms with E-state index in [0.29, 0.717) is 39.1 Å². The van der Waals surface area contributed by atoms with Crippen LogP contribution >= 0.6 is 0 Å². The van der Waals surface area contributed by atoms with E-state index in [1.54, 1.807) is 0 Å². The molecule has 216 valence electrons. The van der Waals surface area contributed by atoms with E-state index in [9.17, 15) is 26.3 Å². The Kier molecular flexibility index (Phi) is 15.1. The minimum atomic E-state index is -4.84. The largest absolute Gasteiger partial charge is 0.416 e. The molecule has 1 rings (SSSR count). The molecule has 0 amide bonds. The molecule has 0 aliphatic rings. The summed E-state index contributed by atoms with van der Waals surface area (Å²) in [5, 5.41) is 0. The molecule has 0 fully saturated rings. The van der Waals surface area contributed by atoms with E-state index in [4.69, 9.17) is 14.2 Å². The van der Waals surface area contributed by atoms with Crippen molar-refractivity contribution < 1.29 is 40.6 Å². The normalized spacial score (nSPS) is 13.8. The monoisotopic (exact) mass is 542 g/mol. The number of halogens is 6. The van der Waals surface area contributed by atoms with Crippen LogP contribution in [0.25, 0.3) is 0 Å². The highest BCUT2D eigenvalue weighted by molar-refractivity contribution is 5.33. The van der Waals surface area contributed by atoms with Crippen molar-refractivity contribution in [2.24, 2.45) is 5.92 Å². The first-order valence-electron chi connectivity index (χ1n) is 13.6. The molecule has 9 heteroatoms. The van der Waals surface area contributed by atoms with Gasteiger partial charge in [0, 0.05) is 25.7 Å². The Bertz CT molecular complexity index is 699. The molecular formula is C28H44F6O3. The van der Waals surface area contributed by atoms with Crippen LogP contribution < -0.4 is 0 Å². The zero-order chi connectivity index (χ0) is 28.0. The van der Waals surface area contributed by atoms with Crippen LogP contribution in [0.5, 0.6) is 0 Å². The standard InChI is InChI=1S/C28H44F6O3/c1-5-9-10-11-12-13-17-23(28(35-6-2,36-7-3)37-8-4)18-15-14-16-22-19-24(26(29,30)31)21-25(20-22)27(32,33)34/h19-21,23H,5-18H2,1-4H3. The molecule has 0 bridgehead atoms. The predicted molar refractivity (Wildman–Crippen MR) is 133 cm³/mol. The zero-order valence-corrected chi connectivity index (χ0v) is 22.7. The molecule has 0 aromatic heterocycles. The van der Waals surface area contributed by atoms with Crippen molar-refractivity contribution in [2.75, 3.05) is 19.8 Å². The second-order valence-electron chi connectivity index (χ2n) is 9.32. The molecule has 1 atom stereocenters. The Balaban J connectivity index is 2.95. The summed E-state index contributed by atoms with van der Waals surface area (Å²) in [7, 11) is 0. The van der Waals surface area contributed by atoms with Gasteiger partial charge in [-0.1, -0.05) is 51.9 Å². The average molecular weight is 543 g/mol. The third-order valence-corrected chi connectivity index (χ3v) is 6.36. The summed E-state index contributed by atoms with van der Waals surface area (Å²) in [5.74, 6) is -1.31. The Morgan fingerprint density at radius 2 is 1.03 bits per heavy atom. The molecule has 0 aliphatic heterocycles. The summed E-state index contributed by atoms with van der Waals surface area (Å²) in [6.45, 7) is 8.91. The lowest BCUT2D eigenvalue weighted by Gasteiger charge is -2.39. The van der Waals surface area contributed by atoms with Crippen molar-refractivity contribution in [3.8, 4) is 0 Å². The Labute approximate surface area is 218 Å². The third-order valence-electron chi connectivity index (χ3n) is 6.36. The van der Waals surface area contributed by atoms with Crippen LogP contribution in [-0.2, 0) is 33.0 Å². The van der Waals surface area contributed by atoms with Crippen molar-refractivity contribution >= 4 is 0 Å². The number of benzene rings is 1. The lowest BCUT2D eigenvalue weighted by Crippen LogP contribution is -2.46. The van der Waals surface area contributed by atoms with Crippen molar-refractivity contribution in [1.82, 2.24) is 0 Å². The molecule has 0 N–H and O–H groups in total. The highest BCUT2D eigenvalue weighted by Crippen LogP contribution is 2.37. The first kappa shape index (κ1) is 33.7. The summed E-state index contributed by atoms with van der Waals surface area (Å²) in [5.41, 5.74) is -2.53. The second kappa shape index (κ2) is 16.6. The van der Waals surface area contributed by atoms with E-state index in [-0.39, 0.29) is 24.0 Å². The molecule has 1 aromatic rings. The third kappa shape index (κ3) is 11.9. The second-order valence-corrected chi connectivity index (χ2v) is 9.32. The Hall–Kier alpha value is -1.32. The van der Waals surface area contributed by atoms with Crippen LogP contribution in [0.3, 0.4) is 0 Å². The maximum atomic E-state index is 13.2. The highest BCUT2D eigenvalue weighted by atomic mass is 19.4. The fourth-order valence-corrected chi connectivity index (χ4v) is 4.63. The summed E-state index contributed by atoms with van der Waals surface area (Å²) in [6, 6.07) is 1.79. The number of rotatable bonds is 19. The van der Waals surface area contributed by atoms with Crippen molar-refractivity contribution in [3.63, 3.8) is 0 Å². The zero-order valence-electron chi connectivity index (χ0n) is 22.7. The van der Waals surface area contributed by atoms with Gasteiger partial charge in [-0.15, -0.1) is 0 Å². The van der Waals surface area contributed by atoms with Crippen LogP contribution in [0.2, 0.25) is 0 Å². The van der Waals surface area contributed by atoms with Crippen LogP contribution in [0.1, 0.15) is 109 Å². The first-order chi connectivity index (χ1) is 17.4. The highest BCUT2D eigenvalue weighted by Gasteiger charge is 2.41. The van der Waals surface area contributed by atoms with Gasteiger partial charge in [-0.05, 0) is 70.2 Å². The fourth-order valence-electron chi connectivity index (χ4n) is 4.63. The lowest BCUT2D eigenvalue weighted by atomic mass is 9.91. The van der Waals surface area contributed by atoms with E-state index >= 15 is 0 Å². The Morgan fingerprint density at radius 3 is 1.46 bits per heavy atom. The summed E-state index contributed by atoms with van der Waals surface area (Å²) < 4.78 is 97.1. The number of ether oxygens (including phenoxy) is 3. The molecule has 1 aromatic carbocycles. The van der Waals surface area contributed by atoms with E-state index in [1.807, 2.05) is 20.8 Å². The molecule has 0 saturated carbocycles. The number of hydrogen-bond donors (Lipinski definition) is 0. The van der Waals surface area contributed by atoms with Crippen molar-refractivity contribution in [1.29, 1.82) is 0 Å². The van der Waals surface area contributed by atoms with Gasteiger partial charge in [-0.25, -0.2) is 0 Å². The predicted octanol–water partition coefficient (Wildman–Crippen LogP) is 9.57. The van der Waals surface area contributed by atoms with Gasteiger partial charge in [0.15, 0.2) is 0 Å².